The molecule has 0 atom stereocenters. The predicted molar refractivity (Wildman–Crippen MR) is 93.1 cm³/mol. The molecule has 0 aliphatic heterocycles. The molecule has 0 fully saturated rings. The fourth-order valence-corrected chi connectivity index (χ4v) is 2.29. The summed E-state index contributed by atoms with van der Waals surface area (Å²) in [6, 6.07) is 6.17. The number of nitrogens with zero attached hydrogens (tertiary/aromatic N) is 3. The third-order valence-electron chi connectivity index (χ3n) is 3.71. The first-order valence-corrected chi connectivity index (χ1v) is 7.93. The molecule has 0 saturated heterocycles. The zero-order chi connectivity index (χ0) is 16.8. The second-order valence-corrected chi connectivity index (χ2v) is 5.81. The molecule has 122 valence electrons. The molecule has 1 heterocycles. The van der Waals surface area contributed by atoms with E-state index in [0.717, 1.165) is 30.6 Å². The summed E-state index contributed by atoms with van der Waals surface area (Å²) in [5.41, 5.74) is 3.72. The van der Waals surface area contributed by atoms with Gasteiger partial charge >= 0.3 is 0 Å². The van der Waals surface area contributed by atoms with Crippen molar-refractivity contribution < 1.29 is 4.79 Å². The summed E-state index contributed by atoms with van der Waals surface area (Å²) in [7, 11) is 1.79. The van der Waals surface area contributed by atoms with E-state index in [4.69, 9.17) is 0 Å². The van der Waals surface area contributed by atoms with Crippen LogP contribution in [-0.4, -0.2) is 34.4 Å². The molecule has 0 saturated carbocycles. The zero-order valence-electron chi connectivity index (χ0n) is 14.3. The Morgan fingerprint density at radius 3 is 2.61 bits per heavy atom. The Kier molecular flexibility index (Phi) is 5.68. The summed E-state index contributed by atoms with van der Waals surface area (Å²) in [6.45, 7) is 6.95. The number of nitrogens with one attached hydrogen (secondary N) is 1. The molecule has 0 spiro atoms. The van der Waals surface area contributed by atoms with Crippen molar-refractivity contribution in [2.75, 3.05) is 18.9 Å². The van der Waals surface area contributed by atoms with Crippen LogP contribution in [-0.2, 0) is 0 Å². The maximum Gasteiger partial charge on any atom is 0.273 e. The van der Waals surface area contributed by atoms with Crippen LogP contribution in [0.25, 0.3) is 0 Å². The van der Waals surface area contributed by atoms with Crippen molar-refractivity contribution in [2.45, 2.75) is 33.6 Å². The highest BCUT2D eigenvalue weighted by Gasteiger charge is 2.13. The number of carbonyl (C=O) groups is 1. The molecule has 1 aromatic heterocycles. The fraction of sp³-hybridized carbons (Fsp3) is 0.389. The van der Waals surface area contributed by atoms with Gasteiger partial charge in [-0.15, -0.1) is 0 Å². The minimum absolute atomic E-state index is 0.0935. The molecule has 23 heavy (non-hydrogen) atoms. The monoisotopic (exact) mass is 312 g/mol. The highest BCUT2D eigenvalue weighted by atomic mass is 16.2. The normalized spacial score (nSPS) is 10.4. The van der Waals surface area contributed by atoms with Gasteiger partial charge in [0.2, 0.25) is 0 Å². The van der Waals surface area contributed by atoms with Crippen LogP contribution in [0.4, 0.5) is 11.5 Å². The van der Waals surface area contributed by atoms with Crippen molar-refractivity contribution in [3.63, 3.8) is 0 Å². The average Bonchev–Trinajstić information content (AvgIpc) is 2.55. The van der Waals surface area contributed by atoms with Crippen LogP contribution < -0.4 is 5.32 Å². The molecule has 0 bridgehead atoms. The minimum Gasteiger partial charge on any atom is -0.340 e. The van der Waals surface area contributed by atoms with Gasteiger partial charge in [0.05, 0.1) is 12.4 Å². The predicted octanol–water partition coefficient (Wildman–Crippen LogP) is 3.71. The lowest BCUT2D eigenvalue weighted by Gasteiger charge is -2.16. The second kappa shape index (κ2) is 7.72. The number of amides is 1. The molecule has 0 aliphatic rings. The number of aryl methyl sites for hydroxylation is 2. The van der Waals surface area contributed by atoms with Gasteiger partial charge in [-0.1, -0.05) is 31.0 Å². The van der Waals surface area contributed by atoms with Gasteiger partial charge in [0.15, 0.2) is 0 Å². The van der Waals surface area contributed by atoms with Gasteiger partial charge < -0.3 is 10.2 Å². The van der Waals surface area contributed by atoms with Gasteiger partial charge in [0, 0.05) is 19.3 Å². The number of unbranched alkanes of at least 4 members (excludes halogenated alkanes) is 1. The number of carbonyl (C=O) groups excluding carboxylic acids is 1. The molecule has 0 radical (unpaired) electrons. The Morgan fingerprint density at radius 2 is 2.00 bits per heavy atom. The lowest BCUT2D eigenvalue weighted by atomic mass is 10.1. The van der Waals surface area contributed by atoms with Crippen LogP contribution in [0, 0.1) is 13.8 Å². The van der Waals surface area contributed by atoms with Crippen LogP contribution in [0.15, 0.2) is 30.6 Å². The SMILES string of the molecule is CCCCN(C)C(=O)c1cnc(Nc2ccc(C)cc2C)cn1. The third kappa shape index (κ3) is 4.52. The maximum atomic E-state index is 12.2. The van der Waals surface area contributed by atoms with Gasteiger partial charge in [-0.2, -0.15) is 0 Å². The van der Waals surface area contributed by atoms with Crippen molar-refractivity contribution >= 4 is 17.4 Å². The number of benzene rings is 1. The summed E-state index contributed by atoms with van der Waals surface area (Å²) in [4.78, 5) is 22.4. The third-order valence-corrected chi connectivity index (χ3v) is 3.71. The van der Waals surface area contributed by atoms with Crippen molar-refractivity contribution in [3.8, 4) is 0 Å². The molecule has 5 heteroatoms. The molecule has 2 rings (SSSR count). The average molecular weight is 312 g/mol. The van der Waals surface area contributed by atoms with E-state index in [1.165, 1.54) is 11.8 Å². The van der Waals surface area contributed by atoms with Crippen molar-refractivity contribution in [1.29, 1.82) is 0 Å². The minimum atomic E-state index is -0.0935. The number of hydrogen-bond donors (Lipinski definition) is 1. The maximum absolute atomic E-state index is 12.2. The van der Waals surface area contributed by atoms with Gasteiger partial charge in [0.1, 0.15) is 11.5 Å². The number of aromatic nitrogens is 2. The highest BCUT2D eigenvalue weighted by Crippen LogP contribution is 2.19. The number of anilines is 2. The van der Waals surface area contributed by atoms with Crippen molar-refractivity contribution in [3.05, 3.63) is 47.4 Å². The molecule has 5 nitrogen and oxygen atoms in total. The van der Waals surface area contributed by atoms with Gasteiger partial charge in [-0.3, -0.25) is 4.79 Å². The Labute approximate surface area is 137 Å². The molecular weight excluding hydrogens is 288 g/mol. The van der Waals surface area contributed by atoms with E-state index in [2.05, 4.69) is 35.2 Å². The molecule has 1 aromatic carbocycles. The smallest absolute Gasteiger partial charge is 0.273 e. The standard InChI is InChI=1S/C18H24N4O/c1-5-6-9-22(4)18(23)16-11-20-17(12-19-16)21-15-8-7-13(2)10-14(15)3/h7-8,10-12H,5-6,9H2,1-4H3,(H,20,21). The van der Waals surface area contributed by atoms with E-state index in [0.29, 0.717) is 11.5 Å². The largest absolute Gasteiger partial charge is 0.340 e. The Balaban J connectivity index is 2.05. The zero-order valence-corrected chi connectivity index (χ0v) is 14.3. The number of hydrogen-bond acceptors (Lipinski definition) is 4. The van der Waals surface area contributed by atoms with Crippen LogP contribution >= 0.6 is 0 Å². The molecule has 1 N–H and O–H groups in total. The van der Waals surface area contributed by atoms with E-state index in [1.807, 2.05) is 19.1 Å². The van der Waals surface area contributed by atoms with Crippen LogP contribution in [0.1, 0.15) is 41.4 Å². The van der Waals surface area contributed by atoms with Crippen molar-refractivity contribution in [1.82, 2.24) is 14.9 Å². The second-order valence-electron chi connectivity index (χ2n) is 5.81. The van der Waals surface area contributed by atoms with E-state index in [9.17, 15) is 4.79 Å². The van der Waals surface area contributed by atoms with E-state index >= 15 is 0 Å². The number of rotatable bonds is 6. The Hall–Kier alpha value is -2.43. The summed E-state index contributed by atoms with van der Waals surface area (Å²) in [5, 5.41) is 3.23. The van der Waals surface area contributed by atoms with Crippen LogP contribution in [0.2, 0.25) is 0 Å². The van der Waals surface area contributed by atoms with Crippen LogP contribution in [0.3, 0.4) is 0 Å². The molecular formula is C18H24N4O. The quantitative estimate of drug-likeness (QED) is 0.883. The highest BCUT2D eigenvalue weighted by molar-refractivity contribution is 5.91. The van der Waals surface area contributed by atoms with E-state index < -0.39 is 0 Å². The lowest BCUT2D eigenvalue weighted by Crippen LogP contribution is -2.28. The van der Waals surface area contributed by atoms with Crippen molar-refractivity contribution in [2.24, 2.45) is 0 Å². The molecule has 0 unspecified atom stereocenters. The van der Waals surface area contributed by atoms with Gasteiger partial charge in [0.25, 0.3) is 5.91 Å². The molecule has 2 aromatic rings. The first-order chi connectivity index (χ1) is 11.0. The van der Waals surface area contributed by atoms with E-state index in [1.54, 1.807) is 18.1 Å². The Bertz CT molecular complexity index is 667. The van der Waals surface area contributed by atoms with Crippen LogP contribution in [0.5, 0.6) is 0 Å². The summed E-state index contributed by atoms with van der Waals surface area (Å²) >= 11 is 0. The topological polar surface area (TPSA) is 58.1 Å². The fourth-order valence-electron chi connectivity index (χ4n) is 2.29. The van der Waals surface area contributed by atoms with E-state index in [-0.39, 0.29) is 5.91 Å². The molecule has 1 amide bonds. The summed E-state index contributed by atoms with van der Waals surface area (Å²) in [6.07, 6.45) is 5.17. The summed E-state index contributed by atoms with van der Waals surface area (Å²) in [5.74, 6) is 0.536. The lowest BCUT2D eigenvalue weighted by molar-refractivity contribution is 0.0787. The Morgan fingerprint density at radius 1 is 1.22 bits per heavy atom. The van der Waals surface area contributed by atoms with Gasteiger partial charge in [-0.25, -0.2) is 9.97 Å². The van der Waals surface area contributed by atoms with Gasteiger partial charge in [-0.05, 0) is 31.9 Å². The molecule has 0 aliphatic carbocycles. The summed E-state index contributed by atoms with van der Waals surface area (Å²) < 4.78 is 0. The first-order valence-electron chi connectivity index (χ1n) is 7.93. The first kappa shape index (κ1) is 16.9.